The molecule has 4 N–H and O–H groups in total. The maximum absolute atomic E-state index is 9.09. The van der Waals surface area contributed by atoms with Crippen molar-refractivity contribution < 1.29 is 10.2 Å². The number of hydrogen-bond acceptors (Lipinski definition) is 3. The van der Waals surface area contributed by atoms with Gasteiger partial charge in [-0.1, -0.05) is 13.8 Å². The second kappa shape index (κ2) is 3.91. The van der Waals surface area contributed by atoms with Gasteiger partial charge in [0, 0.05) is 13.2 Å². The molecule has 0 aliphatic carbocycles. The zero-order chi connectivity index (χ0) is 8.20. The molecule has 1 atom stereocenters. The molecule has 0 aromatic heterocycles. The number of nitrogens with two attached hydrogens (primary N) is 1. The minimum absolute atomic E-state index is 0.0874. The first-order valence-corrected chi connectivity index (χ1v) is 3.51. The Bertz CT molecular complexity index is 93.6. The van der Waals surface area contributed by atoms with Crippen molar-refractivity contribution in [2.24, 2.45) is 11.1 Å². The molecule has 0 rings (SSSR count). The average Bonchev–Trinajstić information content (AvgIpc) is 1.87. The van der Waals surface area contributed by atoms with Gasteiger partial charge < -0.3 is 15.9 Å². The van der Waals surface area contributed by atoms with Crippen LogP contribution in [0.15, 0.2) is 0 Å². The van der Waals surface area contributed by atoms with Gasteiger partial charge in [-0.25, -0.2) is 0 Å². The van der Waals surface area contributed by atoms with Crippen molar-refractivity contribution in [3.8, 4) is 0 Å². The molecule has 0 aliphatic rings. The number of aliphatic hydroxyl groups is 2. The predicted molar refractivity (Wildman–Crippen MR) is 40.5 cm³/mol. The van der Waals surface area contributed by atoms with E-state index < -0.39 is 6.10 Å². The fraction of sp³-hybridized carbons (Fsp3) is 1.00. The van der Waals surface area contributed by atoms with Crippen molar-refractivity contribution in [1.29, 1.82) is 0 Å². The Hall–Kier alpha value is -0.120. The van der Waals surface area contributed by atoms with E-state index in [9.17, 15) is 0 Å². The highest BCUT2D eigenvalue weighted by Gasteiger charge is 2.19. The molecule has 0 aromatic rings. The predicted octanol–water partition coefficient (Wildman–Crippen LogP) is -0.285. The SMILES string of the molecule is CC(C)(CO)CC(O)CN. The van der Waals surface area contributed by atoms with Gasteiger partial charge >= 0.3 is 0 Å². The molecule has 10 heavy (non-hydrogen) atoms. The highest BCUT2D eigenvalue weighted by molar-refractivity contribution is 4.71. The van der Waals surface area contributed by atoms with Crippen molar-refractivity contribution >= 4 is 0 Å². The number of hydrogen-bond donors (Lipinski definition) is 3. The number of rotatable bonds is 4. The highest BCUT2D eigenvalue weighted by atomic mass is 16.3. The summed E-state index contributed by atoms with van der Waals surface area (Å²) < 4.78 is 0. The average molecular weight is 147 g/mol. The largest absolute Gasteiger partial charge is 0.396 e. The van der Waals surface area contributed by atoms with E-state index >= 15 is 0 Å². The van der Waals surface area contributed by atoms with E-state index in [1.807, 2.05) is 13.8 Å². The summed E-state index contributed by atoms with van der Waals surface area (Å²) in [6.45, 7) is 4.14. The van der Waals surface area contributed by atoms with Crippen molar-refractivity contribution in [3.05, 3.63) is 0 Å². The summed E-state index contributed by atoms with van der Waals surface area (Å²) >= 11 is 0. The molecule has 0 bridgehead atoms. The minimum Gasteiger partial charge on any atom is -0.396 e. The van der Waals surface area contributed by atoms with Crippen LogP contribution >= 0.6 is 0 Å². The van der Waals surface area contributed by atoms with Crippen LogP contribution in [-0.2, 0) is 0 Å². The van der Waals surface area contributed by atoms with Crippen LogP contribution in [-0.4, -0.2) is 29.5 Å². The van der Waals surface area contributed by atoms with Crippen LogP contribution in [0.3, 0.4) is 0 Å². The first-order chi connectivity index (χ1) is 4.52. The summed E-state index contributed by atoms with van der Waals surface area (Å²) in [5.41, 5.74) is 4.99. The maximum Gasteiger partial charge on any atom is 0.0668 e. The van der Waals surface area contributed by atoms with Gasteiger partial charge in [0.1, 0.15) is 0 Å². The van der Waals surface area contributed by atoms with Gasteiger partial charge in [-0.15, -0.1) is 0 Å². The van der Waals surface area contributed by atoms with E-state index in [2.05, 4.69) is 0 Å². The van der Waals surface area contributed by atoms with Crippen LogP contribution in [0.5, 0.6) is 0 Å². The molecule has 1 unspecified atom stereocenters. The van der Waals surface area contributed by atoms with Gasteiger partial charge in [-0.3, -0.25) is 0 Å². The molecule has 3 nitrogen and oxygen atoms in total. The topological polar surface area (TPSA) is 66.5 Å². The lowest BCUT2D eigenvalue weighted by molar-refractivity contribution is 0.0772. The van der Waals surface area contributed by atoms with E-state index in [-0.39, 0.29) is 18.6 Å². The zero-order valence-corrected chi connectivity index (χ0v) is 6.67. The Morgan fingerprint density at radius 1 is 1.50 bits per heavy atom. The van der Waals surface area contributed by atoms with Gasteiger partial charge in [-0.2, -0.15) is 0 Å². The fourth-order valence-corrected chi connectivity index (χ4v) is 0.786. The first kappa shape index (κ1) is 9.88. The Morgan fingerprint density at radius 2 is 2.00 bits per heavy atom. The van der Waals surface area contributed by atoms with Gasteiger partial charge in [0.25, 0.3) is 0 Å². The van der Waals surface area contributed by atoms with E-state index in [1.54, 1.807) is 0 Å². The van der Waals surface area contributed by atoms with Crippen molar-refractivity contribution in [2.75, 3.05) is 13.2 Å². The quantitative estimate of drug-likeness (QED) is 0.512. The van der Waals surface area contributed by atoms with Crippen LogP contribution in [0.25, 0.3) is 0 Å². The molecular formula is C7H17NO2. The van der Waals surface area contributed by atoms with Crippen molar-refractivity contribution in [3.63, 3.8) is 0 Å². The Labute approximate surface area is 61.9 Å². The Kier molecular flexibility index (Phi) is 3.86. The van der Waals surface area contributed by atoms with Gasteiger partial charge in [0.15, 0.2) is 0 Å². The number of aliphatic hydroxyl groups excluding tert-OH is 2. The first-order valence-electron chi connectivity index (χ1n) is 3.51. The van der Waals surface area contributed by atoms with Crippen molar-refractivity contribution in [2.45, 2.75) is 26.4 Å². The van der Waals surface area contributed by atoms with E-state index in [1.165, 1.54) is 0 Å². The van der Waals surface area contributed by atoms with E-state index in [0.29, 0.717) is 6.42 Å². The molecule has 0 saturated carbocycles. The fourth-order valence-electron chi connectivity index (χ4n) is 0.786. The lowest BCUT2D eigenvalue weighted by Crippen LogP contribution is -2.29. The highest BCUT2D eigenvalue weighted by Crippen LogP contribution is 2.20. The molecule has 0 aliphatic heterocycles. The Morgan fingerprint density at radius 3 is 2.30 bits per heavy atom. The summed E-state index contributed by atoms with van der Waals surface area (Å²) in [4.78, 5) is 0. The van der Waals surface area contributed by atoms with Gasteiger partial charge in [0.2, 0.25) is 0 Å². The minimum atomic E-state index is -0.484. The lowest BCUT2D eigenvalue weighted by atomic mass is 9.88. The molecule has 0 saturated heterocycles. The summed E-state index contributed by atoms with van der Waals surface area (Å²) in [6, 6.07) is 0. The van der Waals surface area contributed by atoms with Crippen LogP contribution in [0.2, 0.25) is 0 Å². The smallest absolute Gasteiger partial charge is 0.0668 e. The maximum atomic E-state index is 9.09. The van der Waals surface area contributed by atoms with Crippen LogP contribution < -0.4 is 5.73 Å². The summed E-state index contributed by atoms with van der Waals surface area (Å²) in [5, 5.41) is 17.9. The normalized spacial score (nSPS) is 15.3. The van der Waals surface area contributed by atoms with Crippen molar-refractivity contribution in [1.82, 2.24) is 0 Å². The molecular weight excluding hydrogens is 130 g/mol. The van der Waals surface area contributed by atoms with E-state index in [4.69, 9.17) is 15.9 Å². The third kappa shape index (κ3) is 3.82. The van der Waals surface area contributed by atoms with Gasteiger partial charge in [0.05, 0.1) is 6.10 Å². The molecule has 0 heterocycles. The second-order valence-electron chi connectivity index (χ2n) is 3.42. The second-order valence-corrected chi connectivity index (χ2v) is 3.42. The summed E-state index contributed by atoms with van der Waals surface area (Å²) in [7, 11) is 0. The van der Waals surface area contributed by atoms with Gasteiger partial charge in [-0.05, 0) is 11.8 Å². The monoisotopic (exact) mass is 147 g/mol. The molecule has 0 spiro atoms. The third-order valence-electron chi connectivity index (χ3n) is 1.49. The lowest BCUT2D eigenvalue weighted by Gasteiger charge is -2.23. The van der Waals surface area contributed by atoms with Crippen LogP contribution in [0.4, 0.5) is 0 Å². The standard InChI is InChI=1S/C7H17NO2/c1-7(2,5-9)3-6(10)4-8/h6,9-10H,3-5,8H2,1-2H3. The Balaban J connectivity index is 3.64. The molecule has 0 fully saturated rings. The van der Waals surface area contributed by atoms with Crippen LogP contribution in [0, 0.1) is 5.41 Å². The molecule has 62 valence electrons. The molecule has 3 heteroatoms. The molecule has 0 amide bonds. The van der Waals surface area contributed by atoms with E-state index in [0.717, 1.165) is 0 Å². The molecule has 0 aromatic carbocycles. The zero-order valence-electron chi connectivity index (χ0n) is 6.67. The summed E-state index contributed by atoms with van der Waals surface area (Å²) in [5.74, 6) is 0. The third-order valence-corrected chi connectivity index (χ3v) is 1.49. The summed E-state index contributed by atoms with van der Waals surface area (Å²) in [6.07, 6.45) is 0.0714. The van der Waals surface area contributed by atoms with Crippen LogP contribution in [0.1, 0.15) is 20.3 Å². The molecule has 0 radical (unpaired) electrons.